The van der Waals surface area contributed by atoms with Crippen LogP contribution in [0.25, 0.3) is 0 Å². The fourth-order valence-electron chi connectivity index (χ4n) is 2.99. The minimum atomic E-state index is -0.675. The monoisotopic (exact) mass is 265 g/mol. The molecule has 0 aliphatic carbocycles. The van der Waals surface area contributed by atoms with Crippen LogP contribution in [0.5, 0.6) is 0 Å². The molecule has 1 aliphatic rings. The average molecular weight is 265 g/mol. The van der Waals surface area contributed by atoms with Crippen molar-refractivity contribution in [3.8, 4) is 0 Å². The minimum Gasteiger partial charge on any atom is -0.390 e. The van der Waals surface area contributed by atoms with E-state index in [1.165, 1.54) is 19.3 Å². The lowest BCUT2D eigenvalue weighted by molar-refractivity contribution is 0.0345. The van der Waals surface area contributed by atoms with Gasteiger partial charge in [-0.25, -0.2) is 4.98 Å². The van der Waals surface area contributed by atoms with Crippen LogP contribution in [0.4, 0.5) is 0 Å². The summed E-state index contributed by atoms with van der Waals surface area (Å²) in [5.74, 6) is 1.00. The number of hydrogen-bond acceptors (Lipinski definition) is 3. The van der Waals surface area contributed by atoms with Crippen molar-refractivity contribution in [2.24, 2.45) is 0 Å². The molecule has 1 aromatic rings. The molecule has 1 fully saturated rings. The van der Waals surface area contributed by atoms with Crippen LogP contribution in [0.1, 0.15) is 51.8 Å². The Morgan fingerprint density at radius 1 is 1.53 bits per heavy atom. The van der Waals surface area contributed by atoms with E-state index in [0.29, 0.717) is 12.5 Å². The summed E-state index contributed by atoms with van der Waals surface area (Å²) in [4.78, 5) is 4.40. The molecule has 2 heterocycles. The number of hydrogen-bond donors (Lipinski definition) is 2. The van der Waals surface area contributed by atoms with Gasteiger partial charge in [0.2, 0.25) is 0 Å². The molecule has 0 saturated carbocycles. The van der Waals surface area contributed by atoms with Crippen LogP contribution in [-0.4, -0.2) is 32.8 Å². The number of aliphatic hydroxyl groups is 1. The zero-order valence-corrected chi connectivity index (χ0v) is 12.2. The van der Waals surface area contributed by atoms with Gasteiger partial charge in [-0.15, -0.1) is 0 Å². The van der Waals surface area contributed by atoms with Gasteiger partial charge in [0.15, 0.2) is 0 Å². The average Bonchev–Trinajstić information content (AvgIpc) is 2.77. The molecule has 4 heteroatoms. The topological polar surface area (TPSA) is 50.1 Å². The Bertz CT molecular complexity index is 380. The predicted molar refractivity (Wildman–Crippen MR) is 77.1 cm³/mol. The van der Waals surface area contributed by atoms with Crippen LogP contribution in [0.2, 0.25) is 0 Å². The van der Waals surface area contributed by atoms with Gasteiger partial charge in [0.1, 0.15) is 5.82 Å². The Morgan fingerprint density at radius 2 is 2.37 bits per heavy atom. The van der Waals surface area contributed by atoms with Crippen molar-refractivity contribution >= 4 is 0 Å². The summed E-state index contributed by atoms with van der Waals surface area (Å²) in [7, 11) is 0. The first-order valence-corrected chi connectivity index (χ1v) is 7.56. The lowest BCUT2D eigenvalue weighted by Crippen LogP contribution is -2.42. The predicted octanol–water partition coefficient (Wildman–Crippen LogP) is 2.12. The molecule has 108 valence electrons. The van der Waals surface area contributed by atoms with Gasteiger partial charge in [-0.2, -0.15) is 0 Å². The first-order valence-electron chi connectivity index (χ1n) is 7.56. The van der Waals surface area contributed by atoms with Gasteiger partial charge in [-0.1, -0.05) is 13.3 Å². The maximum Gasteiger partial charge on any atom is 0.111 e. The molecule has 0 bridgehead atoms. The Balaban J connectivity index is 1.93. The van der Waals surface area contributed by atoms with Crippen LogP contribution < -0.4 is 5.32 Å². The summed E-state index contributed by atoms with van der Waals surface area (Å²) >= 11 is 0. The van der Waals surface area contributed by atoms with Gasteiger partial charge >= 0.3 is 0 Å². The largest absolute Gasteiger partial charge is 0.390 e. The van der Waals surface area contributed by atoms with Gasteiger partial charge in [-0.3, -0.25) is 0 Å². The maximum absolute atomic E-state index is 10.6. The number of aromatic nitrogens is 2. The Labute approximate surface area is 116 Å². The van der Waals surface area contributed by atoms with E-state index in [1.54, 1.807) is 0 Å². The lowest BCUT2D eigenvalue weighted by Gasteiger charge is -2.31. The molecular formula is C15H27N3O. The smallest absolute Gasteiger partial charge is 0.111 e. The normalized spacial score (nSPS) is 23.2. The second-order valence-corrected chi connectivity index (χ2v) is 6.06. The summed E-state index contributed by atoms with van der Waals surface area (Å²) < 4.78 is 2.16. The third-order valence-corrected chi connectivity index (χ3v) is 3.90. The van der Waals surface area contributed by atoms with E-state index in [2.05, 4.69) is 21.8 Å². The van der Waals surface area contributed by atoms with Crippen molar-refractivity contribution in [2.45, 2.75) is 70.6 Å². The third-order valence-electron chi connectivity index (χ3n) is 3.90. The molecule has 2 atom stereocenters. The lowest BCUT2D eigenvalue weighted by atomic mass is 9.89. The van der Waals surface area contributed by atoms with Crippen molar-refractivity contribution in [3.63, 3.8) is 0 Å². The van der Waals surface area contributed by atoms with Crippen LogP contribution in [0, 0.1) is 0 Å². The molecule has 0 radical (unpaired) electrons. The molecule has 0 spiro atoms. The highest BCUT2D eigenvalue weighted by molar-refractivity contribution is 4.99. The van der Waals surface area contributed by atoms with E-state index >= 15 is 0 Å². The third kappa shape index (κ3) is 4.32. The molecule has 19 heavy (non-hydrogen) atoms. The molecule has 1 aliphatic heterocycles. The zero-order valence-electron chi connectivity index (χ0n) is 12.2. The van der Waals surface area contributed by atoms with E-state index in [0.717, 1.165) is 31.8 Å². The molecule has 0 aromatic carbocycles. The molecule has 2 N–H and O–H groups in total. The number of piperidine rings is 1. The quantitative estimate of drug-likeness (QED) is 0.828. The van der Waals surface area contributed by atoms with Crippen molar-refractivity contribution in [2.75, 3.05) is 6.54 Å². The maximum atomic E-state index is 10.6. The Hall–Kier alpha value is -0.870. The van der Waals surface area contributed by atoms with Crippen molar-refractivity contribution < 1.29 is 5.11 Å². The molecular weight excluding hydrogens is 238 g/mol. The van der Waals surface area contributed by atoms with Crippen LogP contribution in [0.15, 0.2) is 12.4 Å². The first-order chi connectivity index (χ1) is 9.11. The second kappa shape index (κ2) is 6.53. The zero-order chi connectivity index (χ0) is 13.7. The van der Waals surface area contributed by atoms with Crippen molar-refractivity contribution in [1.82, 2.24) is 14.9 Å². The van der Waals surface area contributed by atoms with Crippen molar-refractivity contribution in [3.05, 3.63) is 18.2 Å². The highest BCUT2D eigenvalue weighted by atomic mass is 16.3. The first kappa shape index (κ1) is 14.5. The molecule has 4 nitrogen and oxygen atoms in total. The van der Waals surface area contributed by atoms with Gasteiger partial charge < -0.3 is 15.0 Å². The SMILES string of the molecule is CCCn1ccnc1CC(C)(O)CC1CCCCN1. The molecule has 1 saturated heterocycles. The number of nitrogens with zero attached hydrogens (tertiary/aromatic N) is 2. The summed E-state index contributed by atoms with van der Waals surface area (Å²) in [5, 5.41) is 14.1. The van der Waals surface area contributed by atoms with Gasteiger partial charge in [0.05, 0.1) is 5.60 Å². The number of aryl methyl sites for hydroxylation is 1. The highest BCUT2D eigenvalue weighted by Gasteiger charge is 2.28. The number of nitrogens with one attached hydrogen (secondary N) is 1. The standard InChI is InChI=1S/C15H27N3O/c1-3-9-18-10-8-17-14(18)12-15(2,19)11-13-6-4-5-7-16-13/h8,10,13,16,19H,3-7,9,11-12H2,1-2H3. The van der Waals surface area contributed by atoms with Crippen molar-refractivity contribution in [1.29, 1.82) is 0 Å². The summed E-state index contributed by atoms with van der Waals surface area (Å²) in [6.07, 6.45) is 10.1. The van der Waals surface area contributed by atoms with E-state index in [9.17, 15) is 5.11 Å². The fraction of sp³-hybridized carbons (Fsp3) is 0.800. The minimum absolute atomic E-state index is 0.457. The van der Waals surface area contributed by atoms with Crippen LogP contribution in [0.3, 0.4) is 0 Å². The summed E-state index contributed by atoms with van der Waals surface area (Å²) in [6, 6.07) is 0.457. The van der Waals surface area contributed by atoms with E-state index in [4.69, 9.17) is 0 Å². The van der Waals surface area contributed by atoms with Gasteiger partial charge in [-0.05, 0) is 39.2 Å². The van der Waals surface area contributed by atoms with Crippen LogP contribution in [-0.2, 0) is 13.0 Å². The summed E-state index contributed by atoms with van der Waals surface area (Å²) in [6.45, 7) is 6.17. The number of rotatable bonds is 6. The summed E-state index contributed by atoms with van der Waals surface area (Å²) in [5.41, 5.74) is -0.675. The van der Waals surface area contributed by atoms with E-state index < -0.39 is 5.60 Å². The molecule has 0 amide bonds. The van der Waals surface area contributed by atoms with Crippen LogP contribution >= 0.6 is 0 Å². The fourth-order valence-corrected chi connectivity index (χ4v) is 2.99. The highest BCUT2D eigenvalue weighted by Crippen LogP contribution is 2.22. The molecule has 1 aromatic heterocycles. The molecule has 2 unspecified atom stereocenters. The van der Waals surface area contributed by atoms with E-state index in [-0.39, 0.29) is 0 Å². The molecule has 2 rings (SSSR count). The van der Waals surface area contributed by atoms with Gasteiger partial charge in [0.25, 0.3) is 0 Å². The second-order valence-electron chi connectivity index (χ2n) is 6.06. The van der Waals surface area contributed by atoms with Gasteiger partial charge in [0, 0.05) is 31.4 Å². The number of imidazole rings is 1. The Morgan fingerprint density at radius 3 is 3.05 bits per heavy atom. The van der Waals surface area contributed by atoms with E-state index in [1.807, 2.05) is 19.3 Å². The Kier molecular flexibility index (Phi) is 4.99.